The Morgan fingerprint density at radius 2 is 1.46 bits per heavy atom. The maximum Gasteiger partial charge on any atom is 0.205 e. The minimum absolute atomic E-state index is 0.0923. The summed E-state index contributed by atoms with van der Waals surface area (Å²) < 4.78 is 13.0. The maximum atomic E-state index is 6.56. The Morgan fingerprint density at radius 1 is 0.923 bits per heavy atom. The van der Waals surface area contributed by atoms with Crippen molar-refractivity contribution in [3.8, 4) is 5.75 Å². The lowest BCUT2D eigenvalue weighted by atomic mass is 9.49. The monoisotopic (exact) mass is 356 g/mol. The lowest BCUT2D eigenvalue weighted by Gasteiger charge is -2.58. The van der Waals surface area contributed by atoms with Crippen LogP contribution in [0, 0.1) is 23.2 Å². The fourth-order valence-electron chi connectivity index (χ4n) is 6.24. The molecule has 26 heavy (non-hydrogen) atoms. The van der Waals surface area contributed by atoms with Crippen LogP contribution in [0.2, 0.25) is 0 Å². The first-order valence-corrected chi connectivity index (χ1v) is 10.9. The van der Waals surface area contributed by atoms with Crippen LogP contribution in [-0.4, -0.2) is 12.4 Å². The van der Waals surface area contributed by atoms with E-state index in [0.29, 0.717) is 5.92 Å². The second-order valence-corrected chi connectivity index (χ2v) is 9.79. The zero-order valence-electron chi connectivity index (χ0n) is 17.0. The van der Waals surface area contributed by atoms with Crippen LogP contribution in [0.25, 0.3) is 0 Å². The predicted octanol–water partition coefficient (Wildman–Crippen LogP) is 6.55. The highest BCUT2D eigenvalue weighted by atomic mass is 16.7. The summed E-state index contributed by atoms with van der Waals surface area (Å²) in [6.07, 6.45) is 9.57. The molecule has 4 fully saturated rings. The molecule has 4 bridgehead atoms. The lowest BCUT2D eigenvalue weighted by Crippen LogP contribution is -2.54. The molecule has 1 aromatic carbocycles. The summed E-state index contributed by atoms with van der Waals surface area (Å²) in [6, 6.07) is 8.77. The molecule has 2 heteroatoms. The lowest BCUT2D eigenvalue weighted by molar-refractivity contribution is -0.227. The van der Waals surface area contributed by atoms with Crippen molar-refractivity contribution in [1.82, 2.24) is 0 Å². The molecule has 2 unspecified atom stereocenters. The van der Waals surface area contributed by atoms with Crippen LogP contribution >= 0.6 is 0 Å². The summed E-state index contributed by atoms with van der Waals surface area (Å²) in [5.41, 5.74) is 1.64. The normalized spacial score (nSPS) is 34.9. The van der Waals surface area contributed by atoms with Crippen LogP contribution in [0.3, 0.4) is 0 Å². The first-order chi connectivity index (χ1) is 12.5. The standard InChI is InChI=1S/C24H36O2/c1-5-17(4)21-6-8-22(9-7-21)26-23(25-16(2)3)24-13-18-10-19(14-24)12-20(11-18)15-24/h6-9,16-20,23H,5,10-15H2,1-4H3. The second-order valence-electron chi connectivity index (χ2n) is 9.79. The van der Waals surface area contributed by atoms with Crippen LogP contribution in [-0.2, 0) is 4.74 Å². The van der Waals surface area contributed by atoms with Crippen molar-refractivity contribution in [3.63, 3.8) is 0 Å². The minimum atomic E-state index is -0.0923. The Labute approximate surface area is 159 Å². The molecule has 4 aliphatic rings. The predicted molar refractivity (Wildman–Crippen MR) is 106 cm³/mol. The molecule has 0 N–H and O–H groups in total. The molecule has 0 aromatic heterocycles. The van der Waals surface area contributed by atoms with E-state index >= 15 is 0 Å². The molecular formula is C24H36O2. The highest BCUT2D eigenvalue weighted by molar-refractivity contribution is 5.29. The third-order valence-electron chi connectivity index (χ3n) is 7.29. The van der Waals surface area contributed by atoms with Crippen molar-refractivity contribution < 1.29 is 9.47 Å². The first kappa shape index (κ1) is 18.3. The fraction of sp³-hybridized carbons (Fsp3) is 0.750. The van der Waals surface area contributed by atoms with Gasteiger partial charge in [0.15, 0.2) is 0 Å². The van der Waals surface area contributed by atoms with Gasteiger partial charge in [-0.2, -0.15) is 0 Å². The molecule has 2 atom stereocenters. The molecule has 0 amide bonds. The SMILES string of the molecule is CCC(C)c1ccc(OC(OC(C)C)C23CC4CC(CC(C4)C2)C3)cc1. The molecule has 2 nitrogen and oxygen atoms in total. The van der Waals surface area contributed by atoms with E-state index in [1.807, 2.05) is 0 Å². The topological polar surface area (TPSA) is 18.5 Å². The average Bonchev–Trinajstić information content (AvgIpc) is 2.59. The van der Waals surface area contributed by atoms with Crippen molar-refractivity contribution in [1.29, 1.82) is 0 Å². The molecule has 5 rings (SSSR count). The van der Waals surface area contributed by atoms with Crippen molar-refractivity contribution >= 4 is 0 Å². The van der Waals surface area contributed by atoms with Crippen molar-refractivity contribution in [3.05, 3.63) is 29.8 Å². The Balaban J connectivity index is 1.54. The van der Waals surface area contributed by atoms with Gasteiger partial charge in [-0.1, -0.05) is 26.0 Å². The van der Waals surface area contributed by atoms with Gasteiger partial charge in [0.2, 0.25) is 6.29 Å². The first-order valence-electron chi connectivity index (χ1n) is 10.9. The van der Waals surface area contributed by atoms with Crippen LogP contribution < -0.4 is 4.74 Å². The molecule has 0 heterocycles. The van der Waals surface area contributed by atoms with Gasteiger partial charge in [0.1, 0.15) is 5.75 Å². The van der Waals surface area contributed by atoms with E-state index in [-0.39, 0.29) is 17.8 Å². The third-order valence-corrected chi connectivity index (χ3v) is 7.29. The van der Waals surface area contributed by atoms with Gasteiger partial charge >= 0.3 is 0 Å². The second kappa shape index (κ2) is 7.19. The molecule has 0 saturated heterocycles. The van der Waals surface area contributed by atoms with Crippen molar-refractivity contribution in [2.45, 2.75) is 91.0 Å². The molecule has 0 radical (unpaired) electrons. The maximum absolute atomic E-state index is 6.56. The van der Waals surface area contributed by atoms with Crippen LogP contribution in [0.1, 0.15) is 84.1 Å². The van der Waals surface area contributed by atoms with Gasteiger partial charge in [0.05, 0.1) is 6.10 Å². The Kier molecular flexibility index (Phi) is 5.07. The van der Waals surface area contributed by atoms with E-state index in [1.165, 1.54) is 50.5 Å². The number of rotatable bonds is 7. The quantitative estimate of drug-likeness (QED) is 0.516. The van der Waals surface area contributed by atoms with Crippen LogP contribution in [0.5, 0.6) is 5.75 Å². The molecule has 144 valence electrons. The Hall–Kier alpha value is -1.02. The van der Waals surface area contributed by atoms with Gasteiger partial charge in [-0.3, -0.25) is 0 Å². The number of ether oxygens (including phenoxy) is 2. The summed E-state index contributed by atoms with van der Waals surface area (Å²) in [7, 11) is 0. The zero-order chi connectivity index (χ0) is 18.3. The summed E-state index contributed by atoms with van der Waals surface area (Å²) in [5, 5.41) is 0. The van der Waals surface area contributed by atoms with Gasteiger partial charge in [-0.15, -0.1) is 0 Å². The van der Waals surface area contributed by atoms with E-state index in [4.69, 9.17) is 9.47 Å². The molecule has 4 aliphatic carbocycles. The van der Waals surface area contributed by atoms with Gasteiger partial charge in [-0.05, 0) is 100 Å². The van der Waals surface area contributed by atoms with Gasteiger partial charge in [0, 0.05) is 5.41 Å². The van der Waals surface area contributed by atoms with Crippen molar-refractivity contribution in [2.75, 3.05) is 0 Å². The van der Waals surface area contributed by atoms with Gasteiger partial charge in [0.25, 0.3) is 0 Å². The number of hydrogen-bond acceptors (Lipinski definition) is 2. The summed E-state index contributed by atoms with van der Waals surface area (Å²) in [4.78, 5) is 0. The van der Waals surface area contributed by atoms with Gasteiger partial charge < -0.3 is 9.47 Å². The van der Waals surface area contributed by atoms with E-state index < -0.39 is 0 Å². The highest BCUT2D eigenvalue weighted by Crippen LogP contribution is 2.62. The summed E-state index contributed by atoms with van der Waals surface area (Å²) >= 11 is 0. The summed E-state index contributed by atoms with van der Waals surface area (Å²) in [6.45, 7) is 8.82. The van der Waals surface area contributed by atoms with E-state index in [9.17, 15) is 0 Å². The molecule has 0 spiro atoms. The summed E-state index contributed by atoms with van der Waals surface area (Å²) in [5.74, 6) is 4.32. The highest BCUT2D eigenvalue weighted by Gasteiger charge is 2.56. The largest absolute Gasteiger partial charge is 0.464 e. The smallest absolute Gasteiger partial charge is 0.205 e. The fourth-order valence-corrected chi connectivity index (χ4v) is 6.24. The Bertz CT molecular complexity index is 568. The molecule has 4 saturated carbocycles. The minimum Gasteiger partial charge on any atom is -0.464 e. The molecule has 1 aromatic rings. The van der Waals surface area contributed by atoms with Crippen LogP contribution in [0.4, 0.5) is 0 Å². The van der Waals surface area contributed by atoms with E-state index in [2.05, 4.69) is 52.0 Å². The molecular weight excluding hydrogens is 320 g/mol. The van der Waals surface area contributed by atoms with Crippen LogP contribution in [0.15, 0.2) is 24.3 Å². The Morgan fingerprint density at radius 3 is 1.92 bits per heavy atom. The average molecular weight is 357 g/mol. The zero-order valence-corrected chi connectivity index (χ0v) is 17.0. The molecule has 0 aliphatic heterocycles. The van der Waals surface area contributed by atoms with E-state index in [0.717, 1.165) is 23.5 Å². The van der Waals surface area contributed by atoms with Gasteiger partial charge in [-0.25, -0.2) is 0 Å². The number of benzene rings is 1. The number of hydrogen-bond donors (Lipinski definition) is 0. The van der Waals surface area contributed by atoms with E-state index in [1.54, 1.807) is 0 Å². The van der Waals surface area contributed by atoms with Crippen molar-refractivity contribution in [2.24, 2.45) is 23.2 Å². The third kappa shape index (κ3) is 3.54.